The van der Waals surface area contributed by atoms with E-state index in [2.05, 4.69) is 15.6 Å². The average molecular weight is 378 g/mol. The molecule has 1 atom stereocenters. The lowest BCUT2D eigenvalue weighted by Crippen LogP contribution is -2.32. The van der Waals surface area contributed by atoms with Gasteiger partial charge in [-0.25, -0.2) is 4.98 Å². The minimum atomic E-state index is -0.360. The van der Waals surface area contributed by atoms with Crippen LogP contribution >= 0.6 is 0 Å². The Morgan fingerprint density at radius 3 is 2.93 bits per heavy atom. The number of imidazole rings is 1. The van der Waals surface area contributed by atoms with Crippen molar-refractivity contribution in [1.82, 2.24) is 14.7 Å². The lowest BCUT2D eigenvalue weighted by atomic mass is 10.1. The zero-order valence-corrected chi connectivity index (χ0v) is 15.6. The summed E-state index contributed by atoms with van der Waals surface area (Å²) in [6.07, 6.45) is 5.57. The first-order chi connectivity index (χ1) is 13.6. The Balaban J connectivity index is 1.49. The number of hydrogen-bond acceptors (Lipinski definition) is 4. The van der Waals surface area contributed by atoms with Gasteiger partial charge in [0.05, 0.1) is 17.4 Å². The maximum Gasteiger partial charge on any atom is 0.275 e. The molecule has 3 heterocycles. The Morgan fingerprint density at radius 1 is 1.25 bits per heavy atom. The number of nitrogens with one attached hydrogen (secondary N) is 2. The maximum absolute atomic E-state index is 12.7. The molecule has 0 spiro atoms. The van der Waals surface area contributed by atoms with E-state index in [0.717, 1.165) is 25.0 Å². The Kier molecular flexibility index (Phi) is 5.08. The smallest absolute Gasteiger partial charge is 0.275 e. The second-order valence-electron chi connectivity index (χ2n) is 6.94. The molecule has 2 N–H and O–H groups in total. The van der Waals surface area contributed by atoms with Crippen LogP contribution in [-0.2, 0) is 4.74 Å². The van der Waals surface area contributed by atoms with Crippen LogP contribution < -0.4 is 10.6 Å². The highest BCUT2D eigenvalue weighted by atomic mass is 16.5. The second kappa shape index (κ2) is 7.82. The van der Waals surface area contributed by atoms with Crippen LogP contribution in [0.15, 0.2) is 48.8 Å². The molecule has 1 fully saturated rings. The van der Waals surface area contributed by atoms with Crippen LogP contribution in [0.5, 0.6) is 0 Å². The van der Waals surface area contributed by atoms with Crippen LogP contribution in [-0.4, -0.2) is 40.5 Å². The van der Waals surface area contributed by atoms with Gasteiger partial charge in [0.15, 0.2) is 0 Å². The van der Waals surface area contributed by atoms with Gasteiger partial charge in [-0.2, -0.15) is 0 Å². The highest BCUT2D eigenvalue weighted by Crippen LogP contribution is 2.17. The van der Waals surface area contributed by atoms with E-state index in [1.807, 2.05) is 25.3 Å². The summed E-state index contributed by atoms with van der Waals surface area (Å²) in [5.74, 6) is -0.599. The fourth-order valence-electron chi connectivity index (χ4n) is 3.28. The van der Waals surface area contributed by atoms with Gasteiger partial charge in [-0.1, -0.05) is 12.1 Å². The zero-order valence-electron chi connectivity index (χ0n) is 15.6. The molecule has 0 bridgehead atoms. The van der Waals surface area contributed by atoms with Crippen LogP contribution in [0.4, 0.5) is 5.69 Å². The molecule has 1 saturated heterocycles. The van der Waals surface area contributed by atoms with E-state index in [-0.39, 0.29) is 17.9 Å². The lowest BCUT2D eigenvalue weighted by Gasteiger charge is -2.13. The van der Waals surface area contributed by atoms with E-state index < -0.39 is 0 Å². The van der Waals surface area contributed by atoms with Crippen molar-refractivity contribution in [3.63, 3.8) is 0 Å². The monoisotopic (exact) mass is 378 g/mol. The van der Waals surface area contributed by atoms with Crippen molar-refractivity contribution in [1.29, 1.82) is 0 Å². The van der Waals surface area contributed by atoms with Crippen molar-refractivity contribution >= 4 is 23.1 Å². The molecule has 4 rings (SSSR count). The molecule has 2 aromatic heterocycles. The number of carbonyl (C=O) groups excluding carboxylic acids is 2. The summed E-state index contributed by atoms with van der Waals surface area (Å²) in [5.41, 5.74) is 2.92. The van der Waals surface area contributed by atoms with Crippen molar-refractivity contribution in [2.75, 3.05) is 18.5 Å². The number of aromatic nitrogens is 2. The van der Waals surface area contributed by atoms with Crippen molar-refractivity contribution in [3.8, 4) is 0 Å². The summed E-state index contributed by atoms with van der Waals surface area (Å²) in [7, 11) is 0. The summed E-state index contributed by atoms with van der Waals surface area (Å²) in [6.45, 7) is 3.18. The molecular weight excluding hydrogens is 356 g/mol. The van der Waals surface area contributed by atoms with Gasteiger partial charge in [0.1, 0.15) is 11.3 Å². The SMILES string of the molecule is Cc1ccn2cc(C(=O)Nc3ccccc3C(=O)NCC3CCCO3)nc2c1. The van der Waals surface area contributed by atoms with Gasteiger partial charge in [-0.3, -0.25) is 9.59 Å². The Hall–Kier alpha value is -3.19. The number of anilines is 1. The first-order valence-electron chi connectivity index (χ1n) is 9.36. The van der Waals surface area contributed by atoms with Crippen molar-refractivity contribution < 1.29 is 14.3 Å². The van der Waals surface area contributed by atoms with Crippen LogP contribution in [0.2, 0.25) is 0 Å². The molecule has 28 heavy (non-hydrogen) atoms. The van der Waals surface area contributed by atoms with Gasteiger partial charge in [0, 0.05) is 25.5 Å². The fraction of sp³-hybridized carbons (Fsp3) is 0.286. The predicted molar refractivity (Wildman–Crippen MR) is 106 cm³/mol. The Bertz CT molecular complexity index is 1020. The maximum atomic E-state index is 12.7. The molecule has 7 nitrogen and oxygen atoms in total. The summed E-state index contributed by atoms with van der Waals surface area (Å²) in [4.78, 5) is 29.6. The van der Waals surface area contributed by atoms with E-state index in [1.165, 1.54) is 0 Å². The lowest BCUT2D eigenvalue weighted by molar-refractivity contribution is 0.0858. The minimum absolute atomic E-state index is 0.0622. The third kappa shape index (κ3) is 3.89. The van der Waals surface area contributed by atoms with Crippen LogP contribution in [0.3, 0.4) is 0 Å². The largest absolute Gasteiger partial charge is 0.376 e. The summed E-state index contributed by atoms with van der Waals surface area (Å²) >= 11 is 0. The molecule has 3 aromatic rings. The molecule has 2 amide bonds. The quantitative estimate of drug-likeness (QED) is 0.715. The molecule has 144 valence electrons. The van der Waals surface area contributed by atoms with E-state index in [0.29, 0.717) is 29.1 Å². The predicted octanol–water partition coefficient (Wildman–Crippen LogP) is 2.80. The molecule has 1 aromatic carbocycles. The van der Waals surface area contributed by atoms with Crippen LogP contribution in [0.1, 0.15) is 39.3 Å². The molecule has 1 unspecified atom stereocenters. The number of carbonyl (C=O) groups is 2. The van der Waals surface area contributed by atoms with Crippen molar-refractivity contribution in [3.05, 3.63) is 65.6 Å². The Morgan fingerprint density at radius 2 is 2.11 bits per heavy atom. The standard InChI is InChI=1S/C21H22N4O3/c1-14-8-9-25-13-18(23-19(25)11-14)21(27)24-17-7-3-2-6-16(17)20(26)22-12-15-5-4-10-28-15/h2-3,6-9,11,13,15H,4-5,10,12H2,1H3,(H,22,26)(H,24,27). The third-order valence-electron chi connectivity index (χ3n) is 4.78. The number of amides is 2. The van der Waals surface area contributed by atoms with E-state index in [9.17, 15) is 9.59 Å². The number of rotatable bonds is 5. The number of pyridine rings is 1. The number of para-hydroxylation sites is 1. The molecule has 0 radical (unpaired) electrons. The van der Waals surface area contributed by atoms with Gasteiger partial charge in [0.2, 0.25) is 0 Å². The number of ether oxygens (including phenoxy) is 1. The Labute approximate surface area is 162 Å². The van der Waals surface area contributed by atoms with Crippen LogP contribution in [0, 0.1) is 6.92 Å². The summed E-state index contributed by atoms with van der Waals surface area (Å²) in [6, 6.07) is 10.8. The highest BCUT2D eigenvalue weighted by molar-refractivity contribution is 6.08. The van der Waals surface area contributed by atoms with E-state index in [4.69, 9.17) is 4.74 Å². The number of hydrogen-bond donors (Lipinski definition) is 2. The number of nitrogens with zero attached hydrogens (tertiary/aromatic N) is 2. The average Bonchev–Trinajstić information content (AvgIpc) is 3.35. The topological polar surface area (TPSA) is 84.7 Å². The molecule has 7 heteroatoms. The first-order valence-corrected chi connectivity index (χ1v) is 9.36. The minimum Gasteiger partial charge on any atom is -0.376 e. The third-order valence-corrected chi connectivity index (χ3v) is 4.78. The van der Waals surface area contributed by atoms with Gasteiger partial charge in [-0.05, 0) is 49.6 Å². The number of fused-ring (bicyclic) bond motifs is 1. The van der Waals surface area contributed by atoms with E-state index in [1.54, 1.807) is 34.9 Å². The number of aryl methyl sites for hydroxylation is 1. The zero-order chi connectivity index (χ0) is 19.5. The summed E-state index contributed by atoms with van der Waals surface area (Å²) < 4.78 is 7.33. The highest BCUT2D eigenvalue weighted by Gasteiger charge is 2.19. The molecule has 1 aliphatic heterocycles. The molecular formula is C21H22N4O3. The van der Waals surface area contributed by atoms with Crippen LogP contribution in [0.25, 0.3) is 5.65 Å². The number of benzene rings is 1. The van der Waals surface area contributed by atoms with Crippen molar-refractivity contribution in [2.45, 2.75) is 25.9 Å². The fourth-order valence-corrected chi connectivity index (χ4v) is 3.28. The van der Waals surface area contributed by atoms with Gasteiger partial charge >= 0.3 is 0 Å². The normalized spacial score (nSPS) is 16.2. The van der Waals surface area contributed by atoms with Gasteiger partial charge in [-0.15, -0.1) is 0 Å². The van der Waals surface area contributed by atoms with Gasteiger partial charge in [0.25, 0.3) is 11.8 Å². The second-order valence-corrected chi connectivity index (χ2v) is 6.94. The molecule has 0 aliphatic carbocycles. The molecule has 1 aliphatic rings. The summed E-state index contributed by atoms with van der Waals surface area (Å²) in [5, 5.41) is 5.69. The molecule has 0 saturated carbocycles. The first kappa shape index (κ1) is 18.2. The van der Waals surface area contributed by atoms with Gasteiger partial charge < -0.3 is 19.8 Å². The van der Waals surface area contributed by atoms with Crippen molar-refractivity contribution in [2.24, 2.45) is 0 Å². The van der Waals surface area contributed by atoms with E-state index >= 15 is 0 Å².